The maximum absolute atomic E-state index is 12.0. The number of β-amino-alcohol motifs (C(OH)–C–C–N with tert-alkyl or cyclic N) is 1. The highest BCUT2D eigenvalue weighted by Crippen LogP contribution is 2.21. The van der Waals surface area contributed by atoms with Gasteiger partial charge >= 0.3 is 5.97 Å². The largest absolute Gasteiger partial charge is 0.468 e. The van der Waals surface area contributed by atoms with Crippen LogP contribution in [0.3, 0.4) is 0 Å². The van der Waals surface area contributed by atoms with E-state index < -0.39 is 24.2 Å². The van der Waals surface area contributed by atoms with Crippen molar-refractivity contribution in [2.75, 3.05) is 20.2 Å². The molecular formula is C13H24N2O4. The van der Waals surface area contributed by atoms with Gasteiger partial charge in [0.1, 0.15) is 6.04 Å². The second-order valence-corrected chi connectivity index (χ2v) is 5.44. The number of carbonyl (C=O) groups excluding carboxylic acids is 2. The molecule has 2 N–H and O–H groups in total. The lowest BCUT2D eigenvalue weighted by atomic mass is 10.1. The Bertz CT molecular complexity index is 333. The zero-order valence-electron chi connectivity index (χ0n) is 12.0. The normalized spacial score (nSPS) is 25.4. The summed E-state index contributed by atoms with van der Waals surface area (Å²) < 4.78 is 4.72. The van der Waals surface area contributed by atoms with Gasteiger partial charge in [-0.05, 0) is 12.8 Å². The molecule has 1 aliphatic heterocycles. The van der Waals surface area contributed by atoms with Crippen molar-refractivity contribution in [2.45, 2.75) is 45.4 Å². The van der Waals surface area contributed by atoms with Crippen molar-refractivity contribution in [1.29, 1.82) is 0 Å². The summed E-state index contributed by atoms with van der Waals surface area (Å²) in [6.07, 6.45) is -0.279. The average molecular weight is 272 g/mol. The smallest absolute Gasteiger partial charge is 0.323 e. The number of aliphatic hydroxyl groups excluding tert-OH is 1. The van der Waals surface area contributed by atoms with Crippen molar-refractivity contribution in [2.24, 2.45) is 5.92 Å². The third-order valence-corrected chi connectivity index (χ3v) is 3.35. The minimum Gasteiger partial charge on any atom is -0.468 e. The first-order chi connectivity index (χ1) is 8.86. The number of amides is 1. The molecule has 0 saturated carbocycles. The molecule has 1 aliphatic rings. The highest BCUT2D eigenvalue weighted by atomic mass is 16.5. The molecule has 0 aromatic heterocycles. The molecule has 3 atom stereocenters. The molecule has 1 fully saturated rings. The van der Waals surface area contributed by atoms with Crippen LogP contribution in [0.1, 0.15) is 27.2 Å². The summed E-state index contributed by atoms with van der Waals surface area (Å²) in [5.74, 6) is -0.159. The number of likely N-dealkylation sites (tertiary alicyclic amines) is 1. The Morgan fingerprint density at radius 2 is 2.05 bits per heavy atom. The van der Waals surface area contributed by atoms with E-state index in [0.717, 1.165) is 0 Å². The first kappa shape index (κ1) is 15.9. The molecule has 0 aromatic carbocycles. The van der Waals surface area contributed by atoms with Crippen LogP contribution >= 0.6 is 0 Å². The first-order valence-electron chi connectivity index (χ1n) is 6.66. The van der Waals surface area contributed by atoms with E-state index in [2.05, 4.69) is 5.32 Å². The topological polar surface area (TPSA) is 78.9 Å². The zero-order valence-corrected chi connectivity index (χ0v) is 12.0. The maximum Gasteiger partial charge on any atom is 0.323 e. The molecule has 0 bridgehead atoms. The monoisotopic (exact) mass is 272 g/mol. The number of hydrogen-bond donors (Lipinski definition) is 2. The third kappa shape index (κ3) is 4.18. The van der Waals surface area contributed by atoms with E-state index in [-0.39, 0.29) is 5.91 Å². The van der Waals surface area contributed by atoms with Gasteiger partial charge in [-0.1, -0.05) is 13.8 Å². The second kappa shape index (κ2) is 6.86. The average Bonchev–Trinajstić information content (AvgIpc) is 2.75. The van der Waals surface area contributed by atoms with E-state index in [9.17, 15) is 14.7 Å². The molecule has 1 saturated heterocycles. The van der Waals surface area contributed by atoms with Gasteiger partial charge in [-0.25, -0.2) is 0 Å². The Hall–Kier alpha value is -1.14. The minimum absolute atomic E-state index is 0.128. The lowest BCUT2D eigenvalue weighted by molar-refractivity contribution is -0.147. The molecule has 6 nitrogen and oxygen atoms in total. The van der Waals surface area contributed by atoms with Crippen LogP contribution in [-0.2, 0) is 14.3 Å². The number of ether oxygens (including phenoxy) is 1. The highest BCUT2D eigenvalue weighted by molar-refractivity contribution is 5.83. The van der Waals surface area contributed by atoms with Crippen LogP contribution in [0, 0.1) is 5.92 Å². The van der Waals surface area contributed by atoms with Gasteiger partial charge in [0.2, 0.25) is 5.91 Å². The highest BCUT2D eigenvalue weighted by Gasteiger charge is 2.41. The van der Waals surface area contributed by atoms with E-state index >= 15 is 0 Å². The number of hydrogen-bond acceptors (Lipinski definition) is 5. The predicted molar refractivity (Wildman–Crippen MR) is 70.4 cm³/mol. The molecule has 6 heteroatoms. The third-order valence-electron chi connectivity index (χ3n) is 3.35. The van der Waals surface area contributed by atoms with Crippen LogP contribution in [0.4, 0.5) is 0 Å². The lowest BCUT2D eigenvalue weighted by Crippen LogP contribution is -2.50. The minimum atomic E-state index is -0.593. The molecule has 1 heterocycles. The van der Waals surface area contributed by atoms with E-state index in [1.807, 2.05) is 13.8 Å². The van der Waals surface area contributed by atoms with Crippen molar-refractivity contribution in [1.82, 2.24) is 10.2 Å². The molecule has 1 rings (SSSR count). The summed E-state index contributed by atoms with van der Waals surface area (Å²) in [6.45, 7) is 6.69. The number of aliphatic hydroxyl groups is 1. The molecule has 0 aliphatic carbocycles. The standard InChI is InChI=1S/C13H24N2O4/c1-8(2)6-14-12(17)9(3)15-7-10(16)5-11(15)13(18)19-4/h8-11,16H,5-7H2,1-4H3,(H,14,17). The van der Waals surface area contributed by atoms with Crippen molar-refractivity contribution in [3.63, 3.8) is 0 Å². The Morgan fingerprint density at radius 3 is 2.58 bits per heavy atom. The van der Waals surface area contributed by atoms with Gasteiger partial charge in [-0.3, -0.25) is 14.5 Å². The van der Waals surface area contributed by atoms with Crippen LogP contribution in [0.15, 0.2) is 0 Å². The Labute approximate surface area is 114 Å². The number of nitrogens with zero attached hydrogens (tertiary/aromatic N) is 1. The number of nitrogens with one attached hydrogen (secondary N) is 1. The Morgan fingerprint density at radius 1 is 1.42 bits per heavy atom. The quantitative estimate of drug-likeness (QED) is 0.675. The molecule has 0 spiro atoms. The fourth-order valence-electron chi connectivity index (χ4n) is 2.24. The van der Waals surface area contributed by atoms with Gasteiger partial charge in [-0.2, -0.15) is 0 Å². The van der Waals surface area contributed by atoms with Gasteiger partial charge < -0.3 is 15.2 Å². The van der Waals surface area contributed by atoms with Crippen LogP contribution in [0.25, 0.3) is 0 Å². The molecule has 110 valence electrons. The van der Waals surface area contributed by atoms with Crippen LogP contribution in [0.2, 0.25) is 0 Å². The SMILES string of the molecule is COC(=O)C1CC(O)CN1C(C)C(=O)NCC(C)C. The molecule has 0 aromatic rings. The van der Waals surface area contributed by atoms with E-state index in [1.54, 1.807) is 11.8 Å². The van der Waals surface area contributed by atoms with Gasteiger partial charge in [0.05, 0.1) is 19.3 Å². The number of carbonyl (C=O) groups is 2. The fraction of sp³-hybridized carbons (Fsp3) is 0.846. The summed E-state index contributed by atoms with van der Waals surface area (Å²) in [5.41, 5.74) is 0. The molecule has 1 amide bonds. The van der Waals surface area contributed by atoms with Crippen molar-refractivity contribution >= 4 is 11.9 Å². The summed E-state index contributed by atoms with van der Waals surface area (Å²) in [5, 5.41) is 12.5. The van der Waals surface area contributed by atoms with Crippen molar-refractivity contribution < 1.29 is 19.4 Å². The number of rotatable bonds is 5. The zero-order chi connectivity index (χ0) is 14.6. The van der Waals surface area contributed by atoms with Gasteiger partial charge in [0, 0.05) is 19.5 Å². The predicted octanol–water partition coefficient (Wildman–Crippen LogP) is -0.245. The van der Waals surface area contributed by atoms with E-state index in [0.29, 0.717) is 25.4 Å². The maximum atomic E-state index is 12.0. The van der Waals surface area contributed by atoms with Gasteiger partial charge in [-0.15, -0.1) is 0 Å². The second-order valence-electron chi connectivity index (χ2n) is 5.44. The van der Waals surface area contributed by atoms with Crippen LogP contribution in [0.5, 0.6) is 0 Å². The summed E-state index contributed by atoms with van der Waals surface area (Å²) in [6, 6.07) is -1.00. The molecule has 0 radical (unpaired) electrons. The lowest BCUT2D eigenvalue weighted by Gasteiger charge is -2.28. The molecular weight excluding hydrogens is 248 g/mol. The molecule has 19 heavy (non-hydrogen) atoms. The van der Waals surface area contributed by atoms with Crippen molar-refractivity contribution in [3.8, 4) is 0 Å². The number of esters is 1. The Balaban J connectivity index is 2.65. The number of methoxy groups -OCH3 is 1. The Kier molecular flexibility index (Phi) is 5.75. The summed E-state index contributed by atoms with van der Waals surface area (Å²) in [4.78, 5) is 25.4. The fourth-order valence-corrected chi connectivity index (χ4v) is 2.24. The van der Waals surface area contributed by atoms with E-state index in [1.165, 1.54) is 7.11 Å². The van der Waals surface area contributed by atoms with Crippen LogP contribution in [-0.4, -0.2) is 60.3 Å². The van der Waals surface area contributed by atoms with Crippen molar-refractivity contribution in [3.05, 3.63) is 0 Å². The van der Waals surface area contributed by atoms with Crippen LogP contribution < -0.4 is 5.32 Å². The summed E-state index contributed by atoms with van der Waals surface area (Å²) in [7, 11) is 1.31. The summed E-state index contributed by atoms with van der Waals surface area (Å²) >= 11 is 0. The first-order valence-corrected chi connectivity index (χ1v) is 6.66. The van der Waals surface area contributed by atoms with Gasteiger partial charge in [0.25, 0.3) is 0 Å². The van der Waals surface area contributed by atoms with Gasteiger partial charge in [0.15, 0.2) is 0 Å². The van der Waals surface area contributed by atoms with E-state index in [4.69, 9.17) is 4.74 Å². The molecule has 3 unspecified atom stereocenters.